The molecule has 0 amide bonds. The van der Waals surface area contributed by atoms with Crippen LogP contribution in [0.2, 0.25) is 0 Å². The third-order valence-corrected chi connectivity index (χ3v) is 5.02. The lowest BCUT2D eigenvalue weighted by Crippen LogP contribution is -2.40. The summed E-state index contributed by atoms with van der Waals surface area (Å²) in [5, 5.41) is 19.4. The van der Waals surface area contributed by atoms with Crippen LogP contribution in [0.15, 0.2) is 24.3 Å². The predicted octanol–water partition coefficient (Wildman–Crippen LogP) is 2.99. The number of quaternary nitrogens is 1. The maximum atomic E-state index is 9.71. The Kier molecular flexibility index (Phi) is 7.00. The van der Waals surface area contributed by atoms with Crippen LogP contribution < -0.4 is 4.48 Å². The van der Waals surface area contributed by atoms with E-state index in [1.807, 2.05) is 0 Å². The zero-order chi connectivity index (χ0) is 18.6. The van der Waals surface area contributed by atoms with Gasteiger partial charge in [0.25, 0.3) is 0 Å². The molecule has 4 unspecified atom stereocenters. The standard InChI is InChI=1S/C20H34NO4/c1-6-21(4,5)17-9-7-16(8-10-17)20-24-18(11-14(2)22)13-19(25-20)12-15(3)23/h7-10,14-15,18-20,22-23H,6,11-13H2,1-5H3/q+1. The van der Waals surface area contributed by atoms with E-state index < -0.39 is 18.5 Å². The van der Waals surface area contributed by atoms with Crippen LogP contribution in [0.3, 0.4) is 0 Å². The van der Waals surface area contributed by atoms with Crippen molar-refractivity contribution in [1.82, 2.24) is 4.48 Å². The zero-order valence-corrected chi connectivity index (χ0v) is 16.2. The van der Waals surface area contributed by atoms with Crippen molar-refractivity contribution in [1.29, 1.82) is 0 Å². The van der Waals surface area contributed by atoms with E-state index in [9.17, 15) is 10.2 Å². The Labute approximate surface area is 151 Å². The molecule has 1 aliphatic rings. The number of aliphatic hydroxyl groups is 2. The molecule has 5 heteroatoms. The van der Waals surface area contributed by atoms with Crippen molar-refractivity contribution >= 4 is 5.69 Å². The Morgan fingerprint density at radius 3 is 1.88 bits per heavy atom. The average molecular weight is 352 g/mol. The summed E-state index contributed by atoms with van der Waals surface area (Å²) in [6.45, 7) is 6.74. The van der Waals surface area contributed by atoms with Crippen molar-refractivity contribution in [3.8, 4) is 0 Å². The molecule has 1 aliphatic heterocycles. The molecule has 0 radical (unpaired) electrons. The molecule has 1 aromatic rings. The van der Waals surface area contributed by atoms with Crippen LogP contribution in [-0.4, -0.2) is 55.3 Å². The van der Waals surface area contributed by atoms with Gasteiger partial charge in [0.2, 0.25) is 0 Å². The van der Waals surface area contributed by atoms with Gasteiger partial charge in [0.05, 0.1) is 45.1 Å². The predicted molar refractivity (Wildman–Crippen MR) is 100 cm³/mol. The molecular formula is C20H34NO4+. The fourth-order valence-electron chi connectivity index (χ4n) is 3.23. The third kappa shape index (κ3) is 5.76. The quantitative estimate of drug-likeness (QED) is 0.741. The van der Waals surface area contributed by atoms with E-state index in [0.29, 0.717) is 19.3 Å². The van der Waals surface area contributed by atoms with Gasteiger partial charge in [-0.1, -0.05) is 0 Å². The van der Waals surface area contributed by atoms with Crippen LogP contribution in [0.5, 0.6) is 0 Å². The summed E-state index contributed by atoms with van der Waals surface area (Å²) in [6, 6.07) is 8.35. The Balaban J connectivity index is 2.14. The van der Waals surface area contributed by atoms with E-state index in [1.54, 1.807) is 13.8 Å². The van der Waals surface area contributed by atoms with Crippen LogP contribution in [0.25, 0.3) is 0 Å². The number of aliphatic hydroxyl groups excluding tert-OH is 2. The molecule has 4 atom stereocenters. The normalized spacial score (nSPS) is 27.1. The number of rotatable bonds is 7. The number of hydrogen-bond acceptors (Lipinski definition) is 4. The summed E-state index contributed by atoms with van der Waals surface area (Å²) in [7, 11) is 4.36. The van der Waals surface area contributed by atoms with E-state index in [-0.39, 0.29) is 12.2 Å². The highest BCUT2D eigenvalue weighted by molar-refractivity contribution is 5.43. The smallest absolute Gasteiger partial charge is 0.184 e. The van der Waals surface area contributed by atoms with Crippen LogP contribution in [0.1, 0.15) is 51.9 Å². The van der Waals surface area contributed by atoms with Crippen LogP contribution in [0.4, 0.5) is 5.69 Å². The van der Waals surface area contributed by atoms with Gasteiger partial charge in [-0.25, -0.2) is 0 Å². The first-order chi connectivity index (χ1) is 11.7. The molecule has 2 rings (SSSR count). The van der Waals surface area contributed by atoms with Crippen molar-refractivity contribution < 1.29 is 19.7 Å². The average Bonchev–Trinajstić information content (AvgIpc) is 2.53. The number of ether oxygens (including phenoxy) is 2. The molecule has 1 saturated heterocycles. The Bertz CT molecular complexity index is 509. The minimum absolute atomic E-state index is 0.0648. The van der Waals surface area contributed by atoms with Crippen LogP contribution in [0, 0.1) is 0 Å². The Hall–Kier alpha value is -0.980. The first-order valence-corrected chi connectivity index (χ1v) is 9.31. The summed E-state index contributed by atoms with van der Waals surface area (Å²) in [5.41, 5.74) is 2.22. The first kappa shape index (κ1) is 20.3. The van der Waals surface area contributed by atoms with Crippen molar-refractivity contribution in [2.24, 2.45) is 0 Å². The Morgan fingerprint density at radius 1 is 1.00 bits per heavy atom. The van der Waals surface area contributed by atoms with E-state index in [2.05, 4.69) is 45.3 Å². The molecule has 25 heavy (non-hydrogen) atoms. The molecule has 2 N–H and O–H groups in total. The molecule has 1 heterocycles. The van der Waals surface area contributed by atoms with Crippen molar-refractivity contribution in [2.45, 2.75) is 70.7 Å². The number of benzene rings is 1. The molecule has 0 saturated carbocycles. The fourth-order valence-corrected chi connectivity index (χ4v) is 3.23. The molecular weight excluding hydrogens is 318 g/mol. The maximum absolute atomic E-state index is 9.71. The summed E-state index contributed by atoms with van der Waals surface area (Å²) >= 11 is 0. The second-order valence-corrected chi connectivity index (χ2v) is 7.85. The SMILES string of the molecule is CC[N+](C)(C)c1ccc(C2OC(CC(C)O)CC(CC(C)O)O2)cc1. The van der Waals surface area contributed by atoms with Crippen molar-refractivity contribution in [3.05, 3.63) is 29.8 Å². The van der Waals surface area contributed by atoms with Gasteiger partial charge in [-0.2, -0.15) is 0 Å². The highest BCUT2D eigenvalue weighted by Gasteiger charge is 2.32. The fraction of sp³-hybridized carbons (Fsp3) is 0.700. The van der Waals surface area contributed by atoms with Crippen molar-refractivity contribution in [3.63, 3.8) is 0 Å². The third-order valence-electron chi connectivity index (χ3n) is 5.02. The monoisotopic (exact) mass is 352 g/mol. The van der Waals surface area contributed by atoms with Gasteiger partial charge >= 0.3 is 0 Å². The highest BCUT2D eigenvalue weighted by Crippen LogP contribution is 2.34. The van der Waals surface area contributed by atoms with Crippen LogP contribution >= 0.6 is 0 Å². The van der Waals surface area contributed by atoms with Gasteiger partial charge < -0.3 is 19.7 Å². The zero-order valence-electron chi connectivity index (χ0n) is 16.2. The minimum Gasteiger partial charge on any atom is -0.393 e. The summed E-state index contributed by atoms with van der Waals surface area (Å²) < 4.78 is 13.0. The second-order valence-electron chi connectivity index (χ2n) is 7.85. The molecule has 0 aromatic heterocycles. The maximum Gasteiger partial charge on any atom is 0.184 e. The van der Waals surface area contributed by atoms with Gasteiger partial charge in [-0.05, 0) is 57.9 Å². The lowest BCUT2D eigenvalue weighted by Gasteiger charge is -2.37. The van der Waals surface area contributed by atoms with E-state index in [0.717, 1.165) is 16.6 Å². The lowest BCUT2D eigenvalue weighted by molar-refractivity contribution is -0.255. The summed E-state index contributed by atoms with van der Waals surface area (Å²) in [6.07, 6.45) is 0.441. The summed E-state index contributed by atoms with van der Waals surface area (Å²) in [5.74, 6) is 0. The first-order valence-electron chi connectivity index (χ1n) is 9.31. The van der Waals surface area contributed by atoms with Crippen LogP contribution in [-0.2, 0) is 9.47 Å². The molecule has 0 spiro atoms. The second kappa shape index (κ2) is 8.60. The van der Waals surface area contributed by atoms with Gasteiger partial charge in [0.1, 0.15) is 5.69 Å². The van der Waals surface area contributed by atoms with Gasteiger partial charge in [0.15, 0.2) is 6.29 Å². The molecule has 5 nitrogen and oxygen atoms in total. The van der Waals surface area contributed by atoms with E-state index >= 15 is 0 Å². The molecule has 1 aromatic carbocycles. The van der Waals surface area contributed by atoms with Crippen molar-refractivity contribution in [2.75, 3.05) is 20.6 Å². The molecule has 142 valence electrons. The number of nitrogens with zero attached hydrogens (tertiary/aromatic N) is 1. The molecule has 1 fully saturated rings. The van der Waals surface area contributed by atoms with Gasteiger partial charge in [-0.3, -0.25) is 4.48 Å². The van der Waals surface area contributed by atoms with E-state index in [4.69, 9.17) is 9.47 Å². The minimum atomic E-state index is -0.451. The van der Waals surface area contributed by atoms with E-state index in [1.165, 1.54) is 5.69 Å². The van der Waals surface area contributed by atoms with Gasteiger partial charge in [-0.15, -0.1) is 0 Å². The number of hydrogen-bond donors (Lipinski definition) is 2. The largest absolute Gasteiger partial charge is 0.393 e. The molecule has 0 aliphatic carbocycles. The molecule has 0 bridgehead atoms. The topological polar surface area (TPSA) is 58.9 Å². The summed E-state index contributed by atoms with van der Waals surface area (Å²) in [4.78, 5) is 0. The van der Waals surface area contributed by atoms with Gasteiger partial charge in [0, 0.05) is 12.0 Å². The highest BCUT2D eigenvalue weighted by atomic mass is 16.7. The lowest BCUT2D eigenvalue weighted by atomic mass is 10.00. The Morgan fingerprint density at radius 2 is 1.48 bits per heavy atom.